The van der Waals surface area contributed by atoms with E-state index in [2.05, 4.69) is 0 Å². The molecule has 0 aliphatic heterocycles. The molecule has 0 saturated carbocycles. The second-order valence-corrected chi connectivity index (χ2v) is 4.83. The molecule has 0 aliphatic rings. The van der Waals surface area contributed by atoms with E-state index in [1.165, 1.54) is 12.1 Å². The van der Waals surface area contributed by atoms with Gasteiger partial charge in [-0.25, -0.2) is 13.2 Å². The number of hydrogen-bond donors (Lipinski definition) is 0. The second kappa shape index (κ2) is 5.99. The van der Waals surface area contributed by atoms with Gasteiger partial charge in [-0.3, -0.25) is 4.79 Å². The molecule has 0 spiro atoms. The number of aldehydes is 1. The van der Waals surface area contributed by atoms with Gasteiger partial charge in [0.15, 0.2) is 17.5 Å². The van der Waals surface area contributed by atoms with Crippen molar-refractivity contribution in [1.82, 2.24) is 0 Å². The van der Waals surface area contributed by atoms with E-state index in [0.29, 0.717) is 23.2 Å². The molecule has 0 atom stereocenters. The lowest BCUT2D eigenvalue weighted by atomic mass is 10.0. The van der Waals surface area contributed by atoms with Crippen molar-refractivity contribution in [3.63, 3.8) is 0 Å². The van der Waals surface area contributed by atoms with Crippen LogP contribution in [0.15, 0.2) is 30.3 Å². The predicted molar refractivity (Wildman–Crippen MR) is 72.9 cm³/mol. The van der Waals surface area contributed by atoms with Crippen molar-refractivity contribution in [3.05, 3.63) is 53.3 Å². The quantitative estimate of drug-likeness (QED) is 0.618. The molecule has 21 heavy (non-hydrogen) atoms. The molecule has 0 saturated heterocycles. The number of halogens is 3. The molecular weight excluding hydrogens is 281 g/mol. The van der Waals surface area contributed by atoms with Crippen LogP contribution in [-0.4, -0.2) is 12.4 Å². The topological polar surface area (TPSA) is 26.3 Å². The molecule has 0 radical (unpaired) electrons. The first-order chi connectivity index (χ1) is 9.90. The lowest BCUT2D eigenvalue weighted by Crippen LogP contribution is -2.06. The van der Waals surface area contributed by atoms with E-state index >= 15 is 0 Å². The lowest BCUT2D eigenvalue weighted by molar-refractivity contribution is 0.112. The van der Waals surface area contributed by atoms with Crippen molar-refractivity contribution in [2.45, 2.75) is 20.0 Å². The summed E-state index contributed by atoms with van der Waals surface area (Å²) in [5.41, 5.74) is 0.796. The zero-order valence-electron chi connectivity index (χ0n) is 11.5. The third kappa shape index (κ3) is 3.42. The van der Waals surface area contributed by atoms with Gasteiger partial charge in [0.25, 0.3) is 0 Å². The summed E-state index contributed by atoms with van der Waals surface area (Å²) in [5.74, 6) is -3.70. The van der Waals surface area contributed by atoms with Crippen LogP contribution in [0.5, 0.6) is 5.75 Å². The zero-order chi connectivity index (χ0) is 15.6. The number of carbonyl (C=O) groups excluding carboxylic acids is 1. The Morgan fingerprint density at radius 3 is 2.05 bits per heavy atom. The molecule has 110 valence electrons. The summed E-state index contributed by atoms with van der Waals surface area (Å²) in [6, 6.07) is 6.27. The van der Waals surface area contributed by atoms with Gasteiger partial charge in [0, 0.05) is 5.56 Å². The maximum Gasteiger partial charge on any atom is 0.194 e. The van der Waals surface area contributed by atoms with Crippen LogP contribution in [0.25, 0.3) is 11.1 Å². The number of benzene rings is 2. The van der Waals surface area contributed by atoms with Gasteiger partial charge in [0.2, 0.25) is 0 Å². The highest BCUT2D eigenvalue weighted by atomic mass is 19.2. The van der Waals surface area contributed by atoms with E-state index < -0.39 is 17.5 Å². The van der Waals surface area contributed by atoms with Crippen molar-refractivity contribution < 1.29 is 22.7 Å². The Balaban J connectivity index is 2.54. The second-order valence-electron chi connectivity index (χ2n) is 4.83. The lowest BCUT2D eigenvalue weighted by Gasteiger charge is -2.12. The zero-order valence-corrected chi connectivity index (χ0v) is 11.5. The molecule has 0 aliphatic carbocycles. The van der Waals surface area contributed by atoms with Gasteiger partial charge in [-0.05, 0) is 55.3 Å². The summed E-state index contributed by atoms with van der Waals surface area (Å²) in [7, 11) is 0. The fourth-order valence-corrected chi connectivity index (χ4v) is 1.92. The van der Waals surface area contributed by atoms with Crippen molar-refractivity contribution in [2.75, 3.05) is 0 Å². The third-order valence-corrected chi connectivity index (χ3v) is 2.75. The van der Waals surface area contributed by atoms with E-state index in [4.69, 9.17) is 4.74 Å². The minimum atomic E-state index is -1.52. The molecule has 2 aromatic rings. The smallest absolute Gasteiger partial charge is 0.194 e. The van der Waals surface area contributed by atoms with Crippen LogP contribution in [0.2, 0.25) is 0 Å². The number of ether oxygens (including phenoxy) is 1. The molecule has 0 amide bonds. The van der Waals surface area contributed by atoms with Gasteiger partial charge in [-0.2, -0.15) is 0 Å². The number of hydrogen-bond acceptors (Lipinski definition) is 2. The Labute approximate surface area is 120 Å². The fourth-order valence-electron chi connectivity index (χ4n) is 1.92. The first kappa shape index (κ1) is 15.1. The molecule has 2 rings (SSSR count). The van der Waals surface area contributed by atoms with Crippen molar-refractivity contribution in [1.29, 1.82) is 0 Å². The van der Waals surface area contributed by atoms with Gasteiger partial charge < -0.3 is 4.74 Å². The molecule has 0 heterocycles. The summed E-state index contributed by atoms with van der Waals surface area (Å²) in [4.78, 5) is 11.0. The molecule has 0 bridgehead atoms. The maximum atomic E-state index is 13.3. The maximum absolute atomic E-state index is 13.3. The largest absolute Gasteiger partial charge is 0.491 e. The summed E-state index contributed by atoms with van der Waals surface area (Å²) in [5, 5.41) is 0. The van der Waals surface area contributed by atoms with Crippen LogP contribution in [0.4, 0.5) is 13.2 Å². The van der Waals surface area contributed by atoms with Crippen LogP contribution >= 0.6 is 0 Å². The predicted octanol–water partition coefficient (Wildman–Crippen LogP) is 4.37. The summed E-state index contributed by atoms with van der Waals surface area (Å²) < 4.78 is 45.1. The van der Waals surface area contributed by atoms with E-state index in [-0.39, 0.29) is 11.7 Å². The molecule has 0 unspecified atom stereocenters. The van der Waals surface area contributed by atoms with Crippen LogP contribution < -0.4 is 4.74 Å². The Bertz CT molecular complexity index is 658. The van der Waals surface area contributed by atoms with Gasteiger partial charge >= 0.3 is 0 Å². The van der Waals surface area contributed by atoms with Crippen LogP contribution in [0.1, 0.15) is 24.2 Å². The van der Waals surface area contributed by atoms with Crippen molar-refractivity contribution in [2.24, 2.45) is 0 Å². The molecule has 0 aromatic heterocycles. The van der Waals surface area contributed by atoms with E-state index in [1.807, 2.05) is 13.8 Å². The van der Waals surface area contributed by atoms with E-state index in [1.54, 1.807) is 6.07 Å². The summed E-state index contributed by atoms with van der Waals surface area (Å²) in [6.07, 6.45) is 0.480. The number of rotatable bonds is 4. The van der Waals surface area contributed by atoms with Gasteiger partial charge in [0.1, 0.15) is 12.0 Å². The SMILES string of the molecule is CC(C)Oc1cc(C=O)cc(-c2cc(F)c(F)c(F)c2)c1. The van der Waals surface area contributed by atoms with Crippen molar-refractivity contribution in [3.8, 4) is 16.9 Å². The van der Waals surface area contributed by atoms with Crippen LogP contribution in [-0.2, 0) is 0 Å². The molecule has 0 N–H and O–H groups in total. The van der Waals surface area contributed by atoms with E-state index in [9.17, 15) is 18.0 Å². The highest BCUT2D eigenvalue weighted by Crippen LogP contribution is 2.28. The average Bonchev–Trinajstić information content (AvgIpc) is 2.43. The normalized spacial score (nSPS) is 10.8. The molecular formula is C16H13F3O2. The summed E-state index contributed by atoms with van der Waals surface area (Å²) in [6.45, 7) is 3.62. The van der Waals surface area contributed by atoms with Crippen LogP contribution in [0, 0.1) is 17.5 Å². The Hall–Kier alpha value is -2.30. The molecule has 0 fully saturated rings. The van der Waals surface area contributed by atoms with E-state index in [0.717, 1.165) is 12.1 Å². The molecule has 2 aromatic carbocycles. The molecule has 5 heteroatoms. The fraction of sp³-hybridized carbons (Fsp3) is 0.188. The number of carbonyl (C=O) groups is 1. The minimum Gasteiger partial charge on any atom is -0.491 e. The Morgan fingerprint density at radius 1 is 0.952 bits per heavy atom. The third-order valence-electron chi connectivity index (χ3n) is 2.75. The van der Waals surface area contributed by atoms with Gasteiger partial charge in [0.05, 0.1) is 6.10 Å². The van der Waals surface area contributed by atoms with Gasteiger partial charge in [-0.15, -0.1) is 0 Å². The first-order valence-corrected chi connectivity index (χ1v) is 6.32. The van der Waals surface area contributed by atoms with Crippen molar-refractivity contribution >= 4 is 6.29 Å². The Morgan fingerprint density at radius 2 is 1.52 bits per heavy atom. The standard InChI is InChI=1S/C16H13F3O2/c1-9(2)21-13-4-10(8-20)3-11(5-13)12-6-14(17)16(19)15(18)7-12/h3-9H,1-2H3. The monoisotopic (exact) mass is 294 g/mol. The minimum absolute atomic E-state index is 0.124. The average molecular weight is 294 g/mol. The highest BCUT2D eigenvalue weighted by molar-refractivity contribution is 5.80. The van der Waals surface area contributed by atoms with Crippen LogP contribution in [0.3, 0.4) is 0 Å². The first-order valence-electron chi connectivity index (χ1n) is 6.32. The Kier molecular flexibility index (Phi) is 4.31. The van der Waals surface area contributed by atoms with Gasteiger partial charge in [-0.1, -0.05) is 0 Å². The molecule has 2 nitrogen and oxygen atoms in total. The highest BCUT2D eigenvalue weighted by Gasteiger charge is 2.13. The summed E-state index contributed by atoms with van der Waals surface area (Å²) >= 11 is 0.